The summed E-state index contributed by atoms with van der Waals surface area (Å²) in [6, 6.07) is 16.7. The van der Waals surface area contributed by atoms with Crippen molar-refractivity contribution in [2.75, 3.05) is 39.8 Å². The topological polar surface area (TPSA) is 56.4 Å². The Balaban J connectivity index is 0.00000272. The predicted octanol–water partition coefficient (Wildman–Crippen LogP) is 3.43. The van der Waals surface area contributed by atoms with E-state index in [4.69, 9.17) is 11.6 Å². The summed E-state index contributed by atoms with van der Waals surface area (Å²) in [4.78, 5) is 14.7. The lowest BCUT2D eigenvalue weighted by molar-refractivity contribution is -0.00387. The molecule has 2 aromatic rings. The number of piperidine rings is 1. The SMILES string of the molecule is CNC(=O)c1ccc(CC(c2ccccc2)N2CCNCC23CCNCC3)c(Cl)c1.Cl. The number of rotatable bonds is 5. The van der Waals surface area contributed by atoms with Crippen LogP contribution in [0.2, 0.25) is 5.02 Å². The molecule has 2 heterocycles. The summed E-state index contributed by atoms with van der Waals surface area (Å²) in [6.07, 6.45) is 3.12. The van der Waals surface area contributed by atoms with Gasteiger partial charge in [-0.15, -0.1) is 12.4 Å². The number of benzene rings is 2. The molecule has 2 fully saturated rings. The van der Waals surface area contributed by atoms with Crippen LogP contribution in [0.5, 0.6) is 0 Å². The maximum atomic E-state index is 12.0. The van der Waals surface area contributed by atoms with Crippen molar-refractivity contribution in [2.24, 2.45) is 0 Å². The summed E-state index contributed by atoms with van der Waals surface area (Å²) < 4.78 is 0. The van der Waals surface area contributed by atoms with E-state index in [0.29, 0.717) is 10.6 Å². The van der Waals surface area contributed by atoms with Crippen LogP contribution in [-0.2, 0) is 6.42 Å². The van der Waals surface area contributed by atoms with Gasteiger partial charge in [0.15, 0.2) is 0 Å². The molecule has 0 saturated carbocycles. The Kier molecular flexibility index (Phi) is 8.36. The van der Waals surface area contributed by atoms with Crippen molar-refractivity contribution in [1.82, 2.24) is 20.9 Å². The Morgan fingerprint density at radius 2 is 1.87 bits per heavy atom. The number of nitrogens with one attached hydrogen (secondary N) is 3. The van der Waals surface area contributed by atoms with Crippen LogP contribution in [0.4, 0.5) is 0 Å². The molecule has 1 atom stereocenters. The van der Waals surface area contributed by atoms with E-state index in [2.05, 4.69) is 51.2 Å². The summed E-state index contributed by atoms with van der Waals surface area (Å²) in [5.74, 6) is -0.112. The van der Waals surface area contributed by atoms with Gasteiger partial charge in [-0.05, 0) is 55.6 Å². The van der Waals surface area contributed by atoms with E-state index in [0.717, 1.165) is 57.5 Å². The summed E-state index contributed by atoms with van der Waals surface area (Å²) in [5.41, 5.74) is 3.17. The molecule has 0 aliphatic carbocycles. The normalized spacial score (nSPS) is 19.4. The Hall–Kier alpha value is -1.63. The standard InChI is InChI=1S/C24H31ClN4O.ClH/c1-26-23(30)20-8-7-19(21(25)15-20)16-22(18-5-3-2-4-6-18)29-14-13-28-17-24(29)9-11-27-12-10-24;/h2-8,15,22,27-28H,9-14,16-17H2,1H3,(H,26,30);1H. The molecule has 1 unspecified atom stereocenters. The first-order chi connectivity index (χ1) is 14.6. The van der Waals surface area contributed by atoms with Crippen LogP contribution in [0, 0.1) is 0 Å². The Morgan fingerprint density at radius 1 is 1.13 bits per heavy atom. The van der Waals surface area contributed by atoms with E-state index in [9.17, 15) is 4.79 Å². The number of nitrogens with zero attached hydrogens (tertiary/aromatic N) is 1. The number of piperazine rings is 1. The molecule has 168 valence electrons. The van der Waals surface area contributed by atoms with E-state index in [1.165, 1.54) is 5.56 Å². The third-order valence-electron chi connectivity index (χ3n) is 6.64. The third-order valence-corrected chi connectivity index (χ3v) is 7.00. The highest BCUT2D eigenvalue weighted by Crippen LogP contribution is 2.38. The van der Waals surface area contributed by atoms with Crippen molar-refractivity contribution in [3.63, 3.8) is 0 Å². The van der Waals surface area contributed by atoms with Gasteiger partial charge in [0.05, 0.1) is 0 Å². The minimum atomic E-state index is -0.112. The van der Waals surface area contributed by atoms with Crippen LogP contribution in [0.25, 0.3) is 0 Å². The molecule has 1 amide bonds. The number of halogens is 2. The summed E-state index contributed by atoms with van der Waals surface area (Å²) >= 11 is 6.66. The second-order valence-electron chi connectivity index (χ2n) is 8.36. The van der Waals surface area contributed by atoms with Crippen molar-refractivity contribution in [2.45, 2.75) is 30.8 Å². The molecule has 0 radical (unpaired) electrons. The maximum Gasteiger partial charge on any atom is 0.251 e. The monoisotopic (exact) mass is 462 g/mol. The maximum absolute atomic E-state index is 12.0. The van der Waals surface area contributed by atoms with Gasteiger partial charge >= 0.3 is 0 Å². The summed E-state index contributed by atoms with van der Waals surface area (Å²) in [6.45, 7) is 5.17. The third kappa shape index (κ3) is 5.24. The van der Waals surface area contributed by atoms with Gasteiger partial charge in [0.25, 0.3) is 5.91 Å². The first kappa shape index (κ1) is 24.0. The van der Waals surface area contributed by atoms with Gasteiger partial charge in [-0.1, -0.05) is 48.0 Å². The van der Waals surface area contributed by atoms with E-state index < -0.39 is 0 Å². The lowest BCUT2D eigenvalue weighted by Gasteiger charge is -2.53. The number of carbonyl (C=O) groups excluding carboxylic acids is 1. The molecule has 4 rings (SSSR count). The van der Waals surface area contributed by atoms with E-state index in [-0.39, 0.29) is 29.9 Å². The highest BCUT2D eigenvalue weighted by molar-refractivity contribution is 6.31. The number of hydrogen-bond donors (Lipinski definition) is 3. The van der Waals surface area contributed by atoms with Crippen LogP contribution >= 0.6 is 24.0 Å². The molecule has 3 N–H and O–H groups in total. The first-order valence-electron chi connectivity index (χ1n) is 10.9. The molecule has 2 saturated heterocycles. The van der Waals surface area contributed by atoms with Gasteiger partial charge in [-0.2, -0.15) is 0 Å². The quantitative estimate of drug-likeness (QED) is 0.636. The fourth-order valence-electron chi connectivity index (χ4n) is 4.99. The lowest BCUT2D eigenvalue weighted by Crippen LogP contribution is -2.65. The number of carbonyl (C=O) groups is 1. The van der Waals surface area contributed by atoms with Crippen LogP contribution in [0.15, 0.2) is 48.5 Å². The molecular formula is C24H32Cl2N4O. The van der Waals surface area contributed by atoms with Gasteiger partial charge in [0.1, 0.15) is 0 Å². The first-order valence-corrected chi connectivity index (χ1v) is 11.2. The summed E-state index contributed by atoms with van der Waals surface area (Å²) in [7, 11) is 1.64. The molecule has 7 heteroatoms. The molecule has 2 aromatic carbocycles. The molecule has 0 aromatic heterocycles. The molecule has 2 aliphatic rings. The molecule has 1 spiro atoms. The largest absolute Gasteiger partial charge is 0.355 e. The van der Waals surface area contributed by atoms with Crippen molar-refractivity contribution >= 4 is 29.9 Å². The van der Waals surface area contributed by atoms with Crippen molar-refractivity contribution in [1.29, 1.82) is 0 Å². The fourth-order valence-corrected chi connectivity index (χ4v) is 5.25. The Labute approximate surface area is 196 Å². The average molecular weight is 463 g/mol. The van der Waals surface area contributed by atoms with Crippen LogP contribution in [-0.4, -0.2) is 56.1 Å². The second kappa shape index (κ2) is 10.8. The minimum Gasteiger partial charge on any atom is -0.355 e. The van der Waals surface area contributed by atoms with Gasteiger partial charge in [-0.25, -0.2) is 0 Å². The van der Waals surface area contributed by atoms with Gasteiger partial charge < -0.3 is 16.0 Å². The lowest BCUT2D eigenvalue weighted by atomic mass is 9.81. The highest BCUT2D eigenvalue weighted by atomic mass is 35.5. The van der Waals surface area contributed by atoms with E-state index in [1.54, 1.807) is 13.1 Å². The Morgan fingerprint density at radius 3 is 2.55 bits per heavy atom. The van der Waals surface area contributed by atoms with Crippen LogP contribution in [0.1, 0.15) is 40.4 Å². The molecule has 31 heavy (non-hydrogen) atoms. The van der Waals surface area contributed by atoms with Crippen LogP contribution in [0.3, 0.4) is 0 Å². The predicted molar refractivity (Wildman–Crippen MR) is 129 cm³/mol. The highest BCUT2D eigenvalue weighted by Gasteiger charge is 2.43. The van der Waals surface area contributed by atoms with Gasteiger partial charge in [0, 0.05) is 48.8 Å². The van der Waals surface area contributed by atoms with Crippen LogP contribution < -0.4 is 16.0 Å². The number of amides is 1. The second-order valence-corrected chi connectivity index (χ2v) is 8.77. The van der Waals surface area contributed by atoms with Crippen molar-refractivity contribution in [3.05, 3.63) is 70.2 Å². The van der Waals surface area contributed by atoms with Crippen molar-refractivity contribution in [3.8, 4) is 0 Å². The number of hydrogen-bond acceptors (Lipinski definition) is 4. The molecule has 0 bridgehead atoms. The zero-order valence-electron chi connectivity index (χ0n) is 18.0. The van der Waals surface area contributed by atoms with E-state index in [1.807, 2.05) is 12.1 Å². The summed E-state index contributed by atoms with van der Waals surface area (Å²) in [5, 5.41) is 10.5. The molecule has 5 nitrogen and oxygen atoms in total. The van der Waals surface area contributed by atoms with Gasteiger partial charge in [0.2, 0.25) is 0 Å². The average Bonchev–Trinajstić information content (AvgIpc) is 2.79. The van der Waals surface area contributed by atoms with Crippen molar-refractivity contribution < 1.29 is 4.79 Å². The smallest absolute Gasteiger partial charge is 0.251 e. The molecular weight excluding hydrogens is 431 g/mol. The fraction of sp³-hybridized carbons (Fsp3) is 0.458. The Bertz CT molecular complexity index is 863. The minimum absolute atomic E-state index is 0. The van der Waals surface area contributed by atoms with E-state index >= 15 is 0 Å². The molecule has 2 aliphatic heterocycles. The van der Waals surface area contributed by atoms with Gasteiger partial charge in [-0.3, -0.25) is 9.69 Å². The zero-order chi connectivity index (χ0) is 21.0. The zero-order valence-corrected chi connectivity index (χ0v) is 19.6.